The zero-order valence-corrected chi connectivity index (χ0v) is 40.9. The van der Waals surface area contributed by atoms with E-state index in [0.717, 1.165) is 12.1 Å². The number of rotatable bonds is 16. The van der Waals surface area contributed by atoms with Gasteiger partial charge in [-0.15, -0.1) is 30.7 Å². The zero-order chi connectivity index (χ0) is 53.4. The molecule has 0 radical (unpaired) electrons. The summed E-state index contributed by atoms with van der Waals surface area (Å²) in [6, 6.07) is 18.9. The van der Waals surface area contributed by atoms with E-state index in [4.69, 9.17) is 24.7 Å². The van der Waals surface area contributed by atoms with Gasteiger partial charge in [-0.3, -0.25) is 23.0 Å². The Labute approximate surface area is 413 Å². The second kappa shape index (κ2) is 20.1. The number of amides is 1. The second-order valence-electron chi connectivity index (χ2n) is 14.9. The predicted octanol–water partition coefficient (Wildman–Crippen LogP) is 8.80. The van der Waals surface area contributed by atoms with Gasteiger partial charge in [0.2, 0.25) is 0 Å². The van der Waals surface area contributed by atoms with Crippen molar-refractivity contribution in [3.05, 3.63) is 103 Å². The molecule has 8 N–H and O–H groups in total. The van der Waals surface area contributed by atoms with E-state index >= 15 is 0 Å². The number of hydrogen-bond donors (Lipinski definition) is 7. The minimum Gasteiger partial charge on any atom is -0.505 e. The van der Waals surface area contributed by atoms with E-state index in [1.807, 2.05) is 0 Å². The first kappa shape index (κ1) is 52.6. The highest BCUT2D eigenvalue weighted by Gasteiger charge is 2.26. The fourth-order valence-electron chi connectivity index (χ4n) is 6.89. The molecule has 30 heteroatoms. The smallest absolute Gasteiger partial charge is 0.296 e. The number of nitrogens with one attached hydrogen (secondary N) is 1. The number of phenolic OH excluding ortho intramolecular Hbond substituents is 1. The quantitative estimate of drug-likeness (QED) is 0.0270. The summed E-state index contributed by atoms with van der Waals surface area (Å²) in [6.07, 6.45) is 0. The Hall–Kier alpha value is -8.23. The number of carbonyl (C=O) groups is 1. The molecule has 0 bridgehead atoms. The summed E-state index contributed by atoms with van der Waals surface area (Å²) in [7, 11) is -15.6. The van der Waals surface area contributed by atoms with Crippen LogP contribution in [0.25, 0.3) is 21.5 Å². The van der Waals surface area contributed by atoms with Crippen molar-refractivity contribution in [2.45, 2.75) is 19.6 Å². The maximum Gasteiger partial charge on any atom is 0.296 e. The van der Waals surface area contributed by atoms with Gasteiger partial charge in [-0.1, -0.05) is 0 Å². The van der Waals surface area contributed by atoms with E-state index < -0.39 is 93.9 Å². The van der Waals surface area contributed by atoms with Crippen molar-refractivity contribution >= 4 is 113 Å². The molecule has 26 nitrogen and oxygen atoms in total. The van der Waals surface area contributed by atoms with Crippen LogP contribution in [0.3, 0.4) is 0 Å². The molecule has 0 aliphatic rings. The Bertz CT molecular complexity index is 3990. The molecule has 0 saturated heterocycles. The Morgan fingerprint density at radius 1 is 0.479 bits per heavy atom. The molecule has 0 heterocycles. The zero-order valence-electron chi connectivity index (χ0n) is 37.7. The summed E-state index contributed by atoms with van der Waals surface area (Å²) in [5.41, 5.74) is 5.04. The van der Waals surface area contributed by atoms with Crippen LogP contribution in [-0.4, -0.2) is 91.3 Å². The molecule has 0 aliphatic carbocycles. The van der Waals surface area contributed by atoms with Gasteiger partial charge in [-0.2, -0.15) is 33.7 Å². The van der Waals surface area contributed by atoms with Crippen molar-refractivity contribution < 1.29 is 80.7 Å². The van der Waals surface area contributed by atoms with Crippen molar-refractivity contribution in [2.24, 2.45) is 30.7 Å². The van der Waals surface area contributed by atoms with Crippen LogP contribution < -0.4 is 30.0 Å². The minimum atomic E-state index is -5.23. The standard InChI is InChI=1S/C43H36N8O18S4/c1-66-34-19-31(48-50-33-16-28-23(13-39(33)72(60,61)62)12-26(70(54,55)56)15-38(28)71(57,58)59)35(67-2)17-29(34)46-47-30-18-37(69-4)32(20-36(30)68-3)49-51-41-40(73(63,64)65)14-22-11-25(9-10-27(22)42(41)52)45-43(53)21-5-7-24(44)8-6-21/h5-20,52H,44H2,1-4H3,(H,45,53)(H,54,55,56)(H,57,58,59)(H,60,61,62)(H,63,64,65). The molecule has 0 spiro atoms. The summed E-state index contributed by atoms with van der Waals surface area (Å²) < 4.78 is 160. The number of azo groups is 3. The summed E-state index contributed by atoms with van der Waals surface area (Å²) in [5, 5.41) is 37.6. The van der Waals surface area contributed by atoms with Crippen molar-refractivity contribution in [1.29, 1.82) is 0 Å². The van der Waals surface area contributed by atoms with Crippen molar-refractivity contribution in [1.82, 2.24) is 0 Å². The van der Waals surface area contributed by atoms with Crippen LogP contribution in [0.4, 0.5) is 45.5 Å². The van der Waals surface area contributed by atoms with Crippen LogP contribution in [0.1, 0.15) is 10.4 Å². The lowest BCUT2D eigenvalue weighted by Gasteiger charge is -2.12. The number of fused-ring (bicyclic) bond motifs is 2. The monoisotopic (exact) mass is 1080 g/mol. The van der Waals surface area contributed by atoms with Gasteiger partial charge in [0.15, 0.2) is 5.75 Å². The normalized spacial score (nSPS) is 12.5. The number of nitrogen functional groups attached to an aromatic ring is 1. The van der Waals surface area contributed by atoms with E-state index in [-0.39, 0.29) is 67.8 Å². The van der Waals surface area contributed by atoms with Crippen LogP contribution in [0.15, 0.2) is 147 Å². The molecule has 7 rings (SSSR count). The number of nitrogens with zero attached hydrogens (tertiary/aromatic N) is 6. The maximum absolute atomic E-state index is 12.8. The number of hydrogen-bond acceptors (Lipinski definition) is 21. The molecule has 0 atom stereocenters. The van der Waals surface area contributed by atoms with Crippen molar-refractivity contribution in [3.63, 3.8) is 0 Å². The van der Waals surface area contributed by atoms with Crippen LogP contribution in [-0.2, 0) is 40.5 Å². The average molecular weight is 1080 g/mol. The number of methoxy groups -OCH3 is 4. The SMILES string of the molecule is COc1cc(N=Nc2cc3c(S(=O)(=O)O)cc(S(=O)(=O)O)cc3cc2S(=O)(=O)O)c(OC)cc1N=Nc1cc(OC)c(N=Nc2c(S(=O)(=O)O)cc3cc(NC(=O)c4ccc(N)cc4)ccc3c2O)cc1OC. The summed E-state index contributed by atoms with van der Waals surface area (Å²) in [4.78, 5) is 8.90. The third-order valence-electron chi connectivity index (χ3n) is 10.3. The molecule has 0 saturated carbocycles. The first-order valence-corrected chi connectivity index (χ1v) is 25.8. The van der Waals surface area contributed by atoms with Gasteiger partial charge in [-0.05, 0) is 83.6 Å². The second-order valence-corrected chi connectivity index (χ2v) is 20.5. The molecule has 0 unspecified atom stereocenters. The molecule has 73 heavy (non-hydrogen) atoms. The van der Waals surface area contributed by atoms with Gasteiger partial charge >= 0.3 is 0 Å². The summed E-state index contributed by atoms with van der Waals surface area (Å²) >= 11 is 0. The molecule has 1 amide bonds. The Balaban J connectivity index is 1.22. The fourth-order valence-corrected chi connectivity index (χ4v) is 9.53. The minimum absolute atomic E-state index is 0.00229. The van der Waals surface area contributed by atoms with Gasteiger partial charge < -0.3 is 35.1 Å². The van der Waals surface area contributed by atoms with E-state index in [1.54, 1.807) is 0 Å². The van der Waals surface area contributed by atoms with Crippen LogP contribution in [0.2, 0.25) is 0 Å². The molecule has 0 fully saturated rings. The summed E-state index contributed by atoms with van der Waals surface area (Å²) in [6.45, 7) is 0. The van der Waals surface area contributed by atoms with Gasteiger partial charge in [-0.25, -0.2) is 0 Å². The average Bonchev–Trinajstić information content (AvgIpc) is 3.32. The highest BCUT2D eigenvalue weighted by molar-refractivity contribution is 7.87. The number of anilines is 2. The molecular formula is C43H36N8O18S4. The van der Waals surface area contributed by atoms with Crippen molar-refractivity contribution in [3.8, 4) is 28.7 Å². The summed E-state index contributed by atoms with van der Waals surface area (Å²) in [5.74, 6) is -1.37. The Morgan fingerprint density at radius 2 is 0.918 bits per heavy atom. The Morgan fingerprint density at radius 3 is 1.37 bits per heavy atom. The number of ether oxygens (including phenoxy) is 4. The number of nitrogens with two attached hydrogens (primary N) is 1. The molecule has 0 aliphatic heterocycles. The van der Waals surface area contributed by atoms with Gasteiger partial charge in [0.25, 0.3) is 46.4 Å². The topological polar surface area (TPSA) is 404 Å². The number of carbonyl (C=O) groups excluding carboxylic acids is 1. The first-order chi connectivity index (χ1) is 34.2. The lowest BCUT2D eigenvalue weighted by atomic mass is 10.1. The third kappa shape index (κ3) is 11.5. The molecular weight excluding hydrogens is 1040 g/mol. The molecule has 0 aromatic heterocycles. The van der Waals surface area contributed by atoms with Crippen LogP contribution in [0.5, 0.6) is 28.7 Å². The van der Waals surface area contributed by atoms with E-state index in [2.05, 4.69) is 36.0 Å². The van der Waals surface area contributed by atoms with Gasteiger partial charge in [0.05, 0.1) is 33.3 Å². The third-order valence-corrected chi connectivity index (χ3v) is 13.8. The highest BCUT2D eigenvalue weighted by Crippen LogP contribution is 2.47. The van der Waals surface area contributed by atoms with Gasteiger partial charge in [0.1, 0.15) is 71.8 Å². The number of aromatic hydroxyl groups is 1. The Kier molecular flexibility index (Phi) is 14.5. The number of phenols is 1. The van der Waals surface area contributed by atoms with E-state index in [0.29, 0.717) is 23.9 Å². The van der Waals surface area contributed by atoms with E-state index in [1.165, 1.54) is 95.2 Å². The lowest BCUT2D eigenvalue weighted by Crippen LogP contribution is -2.11. The van der Waals surface area contributed by atoms with Crippen LogP contribution in [0, 0.1) is 0 Å². The maximum atomic E-state index is 12.8. The molecule has 7 aromatic rings. The lowest BCUT2D eigenvalue weighted by molar-refractivity contribution is 0.102. The van der Waals surface area contributed by atoms with E-state index in [9.17, 15) is 61.8 Å². The predicted molar refractivity (Wildman–Crippen MR) is 259 cm³/mol. The molecule has 380 valence electrons. The highest BCUT2D eigenvalue weighted by atomic mass is 32.2. The largest absolute Gasteiger partial charge is 0.505 e. The van der Waals surface area contributed by atoms with Crippen molar-refractivity contribution in [2.75, 3.05) is 39.5 Å². The van der Waals surface area contributed by atoms with Gasteiger partial charge in [0, 0.05) is 52.0 Å². The first-order valence-electron chi connectivity index (χ1n) is 20.0. The number of benzene rings is 7. The molecule has 7 aromatic carbocycles. The fraction of sp³-hybridized carbons (Fsp3) is 0.0930. The van der Waals surface area contributed by atoms with Crippen LogP contribution >= 0.6 is 0 Å².